The van der Waals surface area contributed by atoms with Crippen molar-refractivity contribution in [3.8, 4) is 0 Å². The summed E-state index contributed by atoms with van der Waals surface area (Å²) >= 11 is 0. The Bertz CT molecular complexity index is 394. The first-order valence-electron chi connectivity index (χ1n) is 5.74. The van der Waals surface area contributed by atoms with Crippen LogP contribution in [0.15, 0.2) is 24.9 Å². The molecular weight excluding hydrogens is 198 g/mol. The zero-order valence-electron chi connectivity index (χ0n) is 10.0. The molecule has 0 saturated heterocycles. The summed E-state index contributed by atoms with van der Waals surface area (Å²) in [6, 6.07) is 3.96. The van der Waals surface area contributed by atoms with Gasteiger partial charge in [0, 0.05) is 24.5 Å². The zero-order valence-corrected chi connectivity index (χ0v) is 10.0. The molecule has 1 heterocycles. The predicted molar refractivity (Wildman–Crippen MR) is 68.2 cm³/mol. The maximum Gasteiger partial charge on any atom is 0.0875 e. The van der Waals surface area contributed by atoms with Crippen LogP contribution in [-0.4, -0.2) is 17.6 Å². The Hall–Kier alpha value is -1.51. The van der Waals surface area contributed by atoms with E-state index in [1.54, 1.807) is 6.20 Å². The van der Waals surface area contributed by atoms with Crippen molar-refractivity contribution < 1.29 is 0 Å². The molecule has 1 aromatic rings. The van der Waals surface area contributed by atoms with Crippen molar-refractivity contribution in [2.24, 2.45) is 0 Å². The molecule has 1 fully saturated rings. The molecule has 1 aliphatic carbocycles. The first-order chi connectivity index (χ1) is 7.63. The lowest BCUT2D eigenvalue weighted by Gasteiger charge is -2.40. The van der Waals surface area contributed by atoms with Crippen LogP contribution in [0.1, 0.15) is 31.9 Å². The Morgan fingerprint density at radius 1 is 1.50 bits per heavy atom. The van der Waals surface area contributed by atoms with Gasteiger partial charge in [-0.05, 0) is 38.3 Å². The molecule has 1 aliphatic rings. The molecule has 3 heteroatoms. The number of hydrogen-bond donors (Lipinski definition) is 2. The largest absolute Gasteiger partial charge is 0.388 e. The fourth-order valence-corrected chi connectivity index (χ4v) is 2.01. The SMILES string of the molecule is C=C(NC1(C)CCC1)c1cc(NC)ccn1. The molecule has 0 aliphatic heterocycles. The van der Waals surface area contributed by atoms with Gasteiger partial charge in [0.05, 0.1) is 11.4 Å². The Morgan fingerprint density at radius 2 is 2.25 bits per heavy atom. The van der Waals surface area contributed by atoms with E-state index >= 15 is 0 Å². The highest BCUT2D eigenvalue weighted by molar-refractivity contribution is 5.62. The quantitative estimate of drug-likeness (QED) is 0.814. The van der Waals surface area contributed by atoms with Gasteiger partial charge < -0.3 is 10.6 Å². The van der Waals surface area contributed by atoms with Crippen molar-refractivity contribution in [1.82, 2.24) is 10.3 Å². The molecule has 0 atom stereocenters. The molecule has 0 radical (unpaired) electrons. The lowest BCUT2D eigenvalue weighted by Crippen LogP contribution is -2.46. The van der Waals surface area contributed by atoms with Crippen LogP contribution in [0.4, 0.5) is 5.69 Å². The Kier molecular flexibility index (Phi) is 2.86. The van der Waals surface area contributed by atoms with E-state index in [2.05, 4.69) is 29.1 Å². The molecular formula is C13H19N3. The highest BCUT2D eigenvalue weighted by atomic mass is 15.0. The monoisotopic (exact) mass is 217 g/mol. The van der Waals surface area contributed by atoms with Gasteiger partial charge in [-0.2, -0.15) is 0 Å². The smallest absolute Gasteiger partial charge is 0.0875 e. The van der Waals surface area contributed by atoms with Crippen molar-refractivity contribution in [1.29, 1.82) is 0 Å². The predicted octanol–water partition coefficient (Wildman–Crippen LogP) is 2.63. The van der Waals surface area contributed by atoms with Crippen molar-refractivity contribution in [3.63, 3.8) is 0 Å². The fourth-order valence-electron chi connectivity index (χ4n) is 2.01. The first kappa shape index (κ1) is 11.0. The first-order valence-corrected chi connectivity index (χ1v) is 5.74. The van der Waals surface area contributed by atoms with Crippen LogP contribution >= 0.6 is 0 Å². The summed E-state index contributed by atoms with van der Waals surface area (Å²) in [6.45, 7) is 6.31. The Morgan fingerprint density at radius 3 is 2.81 bits per heavy atom. The molecule has 0 unspecified atom stereocenters. The fraction of sp³-hybridized carbons (Fsp3) is 0.462. The Labute approximate surface area is 97.0 Å². The van der Waals surface area contributed by atoms with E-state index in [1.807, 2.05) is 19.2 Å². The molecule has 0 bridgehead atoms. The van der Waals surface area contributed by atoms with Crippen molar-refractivity contribution in [2.75, 3.05) is 12.4 Å². The third kappa shape index (κ3) is 2.18. The number of hydrogen-bond acceptors (Lipinski definition) is 3. The molecule has 1 saturated carbocycles. The number of anilines is 1. The average Bonchev–Trinajstić information content (AvgIpc) is 2.27. The summed E-state index contributed by atoms with van der Waals surface area (Å²) in [6.07, 6.45) is 5.55. The van der Waals surface area contributed by atoms with Crippen LogP contribution < -0.4 is 10.6 Å². The summed E-state index contributed by atoms with van der Waals surface area (Å²) < 4.78 is 0. The van der Waals surface area contributed by atoms with E-state index < -0.39 is 0 Å². The van der Waals surface area contributed by atoms with E-state index in [-0.39, 0.29) is 5.54 Å². The van der Waals surface area contributed by atoms with Crippen LogP contribution in [0.3, 0.4) is 0 Å². The van der Waals surface area contributed by atoms with Gasteiger partial charge in [0.25, 0.3) is 0 Å². The molecule has 86 valence electrons. The van der Waals surface area contributed by atoms with Crippen molar-refractivity contribution >= 4 is 11.4 Å². The minimum absolute atomic E-state index is 0.231. The van der Waals surface area contributed by atoms with Crippen molar-refractivity contribution in [3.05, 3.63) is 30.6 Å². The minimum atomic E-state index is 0.231. The summed E-state index contributed by atoms with van der Waals surface area (Å²) in [7, 11) is 1.91. The van der Waals surface area contributed by atoms with Crippen LogP contribution in [0, 0.1) is 0 Å². The van der Waals surface area contributed by atoms with Gasteiger partial charge in [0.2, 0.25) is 0 Å². The molecule has 1 aromatic heterocycles. The average molecular weight is 217 g/mol. The van der Waals surface area contributed by atoms with Crippen LogP contribution in [-0.2, 0) is 0 Å². The minimum Gasteiger partial charge on any atom is -0.388 e. The lowest BCUT2D eigenvalue weighted by atomic mass is 9.78. The van der Waals surface area contributed by atoms with Crippen LogP contribution in [0.5, 0.6) is 0 Å². The second kappa shape index (κ2) is 4.16. The van der Waals surface area contributed by atoms with E-state index in [0.29, 0.717) is 0 Å². The summed E-state index contributed by atoms with van der Waals surface area (Å²) in [4.78, 5) is 4.33. The molecule has 0 aromatic carbocycles. The third-order valence-electron chi connectivity index (χ3n) is 3.27. The maximum absolute atomic E-state index is 4.33. The standard InChI is InChI=1S/C13H19N3/c1-10(16-13(2)6-4-7-13)12-9-11(14-3)5-8-15-12/h5,8-9,16H,1,4,6-7H2,2-3H3,(H,14,15). The summed E-state index contributed by atoms with van der Waals surface area (Å²) in [5, 5.41) is 6.58. The van der Waals surface area contributed by atoms with Gasteiger partial charge in [-0.3, -0.25) is 4.98 Å². The normalized spacial score (nSPS) is 17.4. The van der Waals surface area contributed by atoms with Gasteiger partial charge in [0.15, 0.2) is 0 Å². The van der Waals surface area contributed by atoms with Gasteiger partial charge in [0.1, 0.15) is 0 Å². The molecule has 0 amide bonds. The van der Waals surface area contributed by atoms with E-state index in [4.69, 9.17) is 0 Å². The van der Waals surface area contributed by atoms with E-state index in [0.717, 1.165) is 17.1 Å². The van der Waals surface area contributed by atoms with Gasteiger partial charge in [-0.1, -0.05) is 6.58 Å². The lowest BCUT2D eigenvalue weighted by molar-refractivity contribution is 0.239. The number of nitrogens with one attached hydrogen (secondary N) is 2. The van der Waals surface area contributed by atoms with E-state index in [1.165, 1.54) is 19.3 Å². The maximum atomic E-state index is 4.33. The molecule has 2 rings (SSSR count). The van der Waals surface area contributed by atoms with Gasteiger partial charge >= 0.3 is 0 Å². The highest BCUT2D eigenvalue weighted by Gasteiger charge is 2.31. The van der Waals surface area contributed by atoms with Gasteiger partial charge in [-0.25, -0.2) is 0 Å². The molecule has 0 spiro atoms. The van der Waals surface area contributed by atoms with Gasteiger partial charge in [-0.15, -0.1) is 0 Å². The number of nitrogens with zero attached hydrogens (tertiary/aromatic N) is 1. The number of pyridine rings is 1. The van der Waals surface area contributed by atoms with Crippen LogP contribution in [0.2, 0.25) is 0 Å². The Balaban J connectivity index is 2.08. The third-order valence-corrected chi connectivity index (χ3v) is 3.27. The molecule has 16 heavy (non-hydrogen) atoms. The number of rotatable bonds is 4. The summed E-state index contributed by atoms with van der Waals surface area (Å²) in [5.41, 5.74) is 3.12. The van der Waals surface area contributed by atoms with E-state index in [9.17, 15) is 0 Å². The van der Waals surface area contributed by atoms with Crippen molar-refractivity contribution in [2.45, 2.75) is 31.7 Å². The topological polar surface area (TPSA) is 37.0 Å². The highest BCUT2D eigenvalue weighted by Crippen LogP contribution is 2.32. The second-order valence-electron chi connectivity index (χ2n) is 4.70. The van der Waals surface area contributed by atoms with Crippen LogP contribution in [0.25, 0.3) is 5.70 Å². The number of aromatic nitrogens is 1. The second-order valence-corrected chi connectivity index (χ2v) is 4.70. The zero-order chi connectivity index (χ0) is 11.6. The molecule has 2 N–H and O–H groups in total. The summed E-state index contributed by atoms with van der Waals surface area (Å²) in [5.74, 6) is 0. The molecule has 3 nitrogen and oxygen atoms in total.